The SMILES string of the molecule is CCOC(CCNC(=NC)NCc1ncccc1C)C1CCCC1.I. The number of pyridine rings is 1. The molecule has 1 aliphatic carbocycles. The number of guanidine groups is 1. The third-order valence-corrected chi connectivity index (χ3v) is 4.79. The Morgan fingerprint density at radius 2 is 2.12 bits per heavy atom. The Hall–Kier alpha value is -0.890. The third kappa shape index (κ3) is 7.48. The quantitative estimate of drug-likeness (QED) is 0.353. The molecule has 0 bridgehead atoms. The van der Waals surface area contributed by atoms with E-state index in [1.54, 1.807) is 7.05 Å². The van der Waals surface area contributed by atoms with Crippen molar-refractivity contribution in [1.29, 1.82) is 0 Å². The molecule has 6 heteroatoms. The molecular formula is C19H33IN4O. The highest BCUT2D eigenvalue weighted by Gasteiger charge is 2.25. The Morgan fingerprint density at radius 1 is 1.36 bits per heavy atom. The van der Waals surface area contributed by atoms with Crippen LogP contribution in [-0.4, -0.2) is 37.2 Å². The molecule has 5 nitrogen and oxygen atoms in total. The molecule has 1 fully saturated rings. The van der Waals surface area contributed by atoms with Gasteiger partial charge in [0.2, 0.25) is 0 Å². The molecule has 0 aromatic carbocycles. The largest absolute Gasteiger partial charge is 0.378 e. The minimum atomic E-state index is 0. The van der Waals surface area contributed by atoms with Gasteiger partial charge in [0.15, 0.2) is 5.96 Å². The third-order valence-electron chi connectivity index (χ3n) is 4.79. The molecule has 1 aliphatic rings. The fourth-order valence-corrected chi connectivity index (χ4v) is 3.42. The van der Waals surface area contributed by atoms with Crippen molar-refractivity contribution in [2.45, 2.75) is 58.6 Å². The van der Waals surface area contributed by atoms with E-state index in [1.165, 1.54) is 31.2 Å². The Labute approximate surface area is 169 Å². The fourth-order valence-electron chi connectivity index (χ4n) is 3.42. The number of aliphatic imine (C=N–C) groups is 1. The maximum absolute atomic E-state index is 5.98. The van der Waals surface area contributed by atoms with Gasteiger partial charge in [-0.3, -0.25) is 9.98 Å². The predicted molar refractivity (Wildman–Crippen MR) is 115 cm³/mol. The van der Waals surface area contributed by atoms with Gasteiger partial charge in [-0.05, 0) is 50.7 Å². The van der Waals surface area contributed by atoms with Crippen LogP contribution in [0.3, 0.4) is 0 Å². The predicted octanol–water partition coefficient (Wildman–Crippen LogP) is 3.66. The van der Waals surface area contributed by atoms with E-state index in [1.807, 2.05) is 12.3 Å². The summed E-state index contributed by atoms with van der Waals surface area (Å²) in [5, 5.41) is 6.74. The molecule has 0 aliphatic heterocycles. The van der Waals surface area contributed by atoms with E-state index in [2.05, 4.69) is 40.5 Å². The summed E-state index contributed by atoms with van der Waals surface area (Å²) in [5.74, 6) is 1.56. The highest BCUT2D eigenvalue weighted by Crippen LogP contribution is 2.30. The van der Waals surface area contributed by atoms with E-state index in [9.17, 15) is 0 Å². The van der Waals surface area contributed by atoms with E-state index in [0.717, 1.165) is 37.1 Å². The van der Waals surface area contributed by atoms with Gasteiger partial charge in [0, 0.05) is 26.4 Å². The van der Waals surface area contributed by atoms with Crippen LogP contribution >= 0.6 is 24.0 Å². The molecule has 1 aromatic rings. The first-order valence-corrected chi connectivity index (χ1v) is 9.21. The zero-order chi connectivity index (χ0) is 17.2. The lowest BCUT2D eigenvalue weighted by Crippen LogP contribution is -2.39. The van der Waals surface area contributed by atoms with E-state index in [-0.39, 0.29) is 24.0 Å². The average Bonchev–Trinajstić information content (AvgIpc) is 3.12. The smallest absolute Gasteiger partial charge is 0.191 e. The Kier molecular flexibility index (Phi) is 11.0. The number of halogens is 1. The zero-order valence-corrected chi connectivity index (χ0v) is 18.1. The fraction of sp³-hybridized carbons (Fsp3) is 0.684. The first-order valence-electron chi connectivity index (χ1n) is 9.21. The molecule has 0 spiro atoms. The van der Waals surface area contributed by atoms with Gasteiger partial charge in [0.05, 0.1) is 18.3 Å². The van der Waals surface area contributed by atoms with Crippen molar-refractivity contribution in [2.24, 2.45) is 10.9 Å². The summed E-state index contributed by atoms with van der Waals surface area (Å²) in [6, 6.07) is 4.04. The van der Waals surface area contributed by atoms with Crippen molar-refractivity contribution in [3.8, 4) is 0 Å². The van der Waals surface area contributed by atoms with E-state index in [0.29, 0.717) is 12.6 Å². The summed E-state index contributed by atoms with van der Waals surface area (Å²) in [6.45, 7) is 6.53. The molecule has 142 valence electrons. The van der Waals surface area contributed by atoms with E-state index >= 15 is 0 Å². The normalized spacial score (nSPS) is 16.4. The summed E-state index contributed by atoms with van der Waals surface area (Å²) in [7, 11) is 1.80. The average molecular weight is 460 g/mol. The molecule has 0 amide bonds. The Morgan fingerprint density at radius 3 is 2.76 bits per heavy atom. The summed E-state index contributed by atoms with van der Waals surface area (Å²) >= 11 is 0. The van der Waals surface area contributed by atoms with Crippen LogP contribution in [0.25, 0.3) is 0 Å². The Balaban J connectivity index is 0.00000312. The van der Waals surface area contributed by atoms with Gasteiger partial charge in [-0.1, -0.05) is 18.9 Å². The molecule has 1 saturated carbocycles. The van der Waals surface area contributed by atoms with Gasteiger partial charge in [-0.25, -0.2) is 0 Å². The van der Waals surface area contributed by atoms with Crippen molar-refractivity contribution in [3.63, 3.8) is 0 Å². The van der Waals surface area contributed by atoms with Crippen molar-refractivity contribution in [3.05, 3.63) is 29.6 Å². The van der Waals surface area contributed by atoms with E-state index < -0.39 is 0 Å². The van der Waals surface area contributed by atoms with Gasteiger partial charge in [0.1, 0.15) is 0 Å². The van der Waals surface area contributed by atoms with Crippen molar-refractivity contribution in [2.75, 3.05) is 20.2 Å². The Bertz CT molecular complexity index is 518. The maximum Gasteiger partial charge on any atom is 0.191 e. The minimum absolute atomic E-state index is 0. The van der Waals surface area contributed by atoms with Crippen LogP contribution in [0.4, 0.5) is 0 Å². The van der Waals surface area contributed by atoms with Crippen molar-refractivity contribution in [1.82, 2.24) is 15.6 Å². The monoisotopic (exact) mass is 460 g/mol. The van der Waals surface area contributed by atoms with Gasteiger partial charge in [0.25, 0.3) is 0 Å². The zero-order valence-electron chi connectivity index (χ0n) is 15.8. The van der Waals surface area contributed by atoms with E-state index in [4.69, 9.17) is 4.74 Å². The maximum atomic E-state index is 5.98. The highest BCUT2D eigenvalue weighted by molar-refractivity contribution is 14.0. The lowest BCUT2D eigenvalue weighted by molar-refractivity contribution is 0.0169. The second-order valence-electron chi connectivity index (χ2n) is 6.45. The molecule has 1 atom stereocenters. The number of nitrogens with zero attached hydrogens (tertiary/aromatic N) is 2. The van der Waals surface area contributed by atoms with Crippen molar-refractivity contribution < 1.29 is 4.74 Å². The number of aromatic nitrogens is 1. The van der Waals surface area contributed by atoms with Crippen LogP contribution in [-0.2, 0) is 11.3 Å². The van der Waals surface area contributed by atoms with Crippen LogP contribution in [0.5, 0.6) is 0 Å². The van der Waals surface area contributed by atoms with Crippen LogP contribution < -0.4 is 10.6 Å². The van der Waals surface area contributed by atoms with Crippen molar-refractivity contribution >= 4 is 29.9 Å². The number of aryl methyl sites for hydroxylation is 1. The van der Waals surface area contributed by atoms with Gasteiger partial charge in [-0.2, -0.15) is 0 Å². The molecule has 0 saturated heterocycles. The molecule has 25 heavy (non-hydrogen) atoms. The lowest BCUT2D eigenvalue weighted by atomic mass is 9.98. The second-order valence-corrected chi connectivity index (χ2v) is 6.45. The molecule has 1 unspecified atom stereocenters. The molecule has 0 radical (unpaired) electrons. The van der Waals surface area contributed by atoms with Crippen LogP contribution in [0.15, 0.2) is 23.3 Å². The molecule has 2 N–H and O–H groups in total. The first-order chi connectivity index (χ1) is 11.7. The van der Waals surface area contributed by atoms with Crippen LogP contribution in [0.1, 0.15) is 50.3 Å². The molecule has 1 heterocycles. The summed E-state index contributed by atoms with van der Waals surface area (Å²) in [6.07, 6.45) is 8.58. The topological polar surface area (TPSA) is 58.5 Å². The minimum Gasteiger partial charge on any atom is -0.378 e. The van der Waals surface area contributed by atoms with Gasteiger partial charge in [-0.15, -0.1) is 24.0 Å². The standard InChI is InChI=1S/C19H32N4O.HI/c1-4-24-18(16-9-5-6-10-16)11-13-22-19(20-3)23-14-17-15(2)8-7-12-21-17;/h7-8,12,16,18H,4-6,9-11,13-14H2,1-3H3,(H2,20,22,23);1H. The van der Waals surface area contributed by atoms with Gasteiger partial charge >= 0.3 is 0 Å². The first kappa shape index (κ1) is 22.2. The number of hydrogen-bond donors (Lipinski definition) is 2. The molecule has 2 rings (SSSR count). The lowest BCUT2D eigenvalue weighted by Gasteiger charge is -2.24. The second kappa shape index (κ2) is 12.5. The summed E-state index contributed by atoms with van der Waals surface area (Å²) < 4.78 is 5.98. The number of rotatable bonds is 8. The summed E-state index contributed by atoms with van der Waals surface area (Å²) in [5.41, 5.74) is 2.25. The van der Waals surface area contributed by atoms with Gasteiger partial charge < -0.3 is 15.4 Å². The number of nitrogens with one attached hydrogen (secondary N) is 2. The molecule has 1 aromatic heterocycles. The van der Waals surface area contributed by atoms with Crippen LogP contribution in [0, 0.1) is 12.8 Å². The number of hydrogen-bond acceptors (Lipinski definition) is 3. The van der Waals surface area contributed by atoms with Crippen LogP contribution in [0.2, 0.25) is 0 Å². The highest BCUT2D eigenvalue weighted by atomic mass is 127. The number of ether oxygens (including phenoxy) is 1. The molecular weight excluding hydrogens is 427 g/mol. The summed E-state index contributed by atoms with van der Waals surface area (Å²) in [4.78, 5) is 8.70.